The third kappa shape index (κ3) is 8.67. The second-order valence-electron chi connectivity index (χ2n) is 7.31. The summed E-state index contributed by atoms with van der Waals surface area (Å²) in [5.41, 5.74) is 2.57. The van der Waals surface area contributed by atoms with E-state index < -0.39 is 0 Å². The van der Waals surface area contributed by atoms with Crippen molar-refractivity contribution in [2.24, 2.45) is 4.99 Å². The number of carbonyl (C=O) groups is 1. The number of aliphatic imine (C=N–C) groups is 1. The average Bonchev–Trinajstić information content (AvgIpc) is 2.76. The fraction of sp³-hybridized carbons (Fsp3) is 0.636. The number of benzene rings is 1. The molecule has 0 spiro atoms. The van der Waals surface area contributed by atoms with Gasteiger partial charge in [-0.1, -0.05) is 38.1 Å². The lowest BCUT2D eigenvalue weighted by Gasteiger charge is -2.32. The van der Waals surface area contributed by atoms with Crippen molar-refractivity contribution in [3.8, 4) is 0 Å². The first-order valence-electron chi connectivity index (χ1n) is 10.8. The van der Waals surface area contributed by atoms with Gasteiger partial charge >= 0.3 is 6.09 Å². The van der Waals surface area contributed by atoms with Gasteiger partial charge in [-0.2, -0.15) is 0 Å². The fourth-order valence-electron chi connectivity index (χ4n) is 3.46. The Hall–Kier alpha value is -1.55. The maximum Gasteiger partial charge on any atom is 0.409 e. The highest BCUT2D eigenvalue weighted by Crippen LogP contribution is 2.12. The average molecular weight is 531 g/mol. The highest BCUT2D eigenvalue weighted by atomic mass is 127. The van der Waals surface area contributed by atoms with E-state index in [0.29, 0.717) is 25.7 Å². The minimum absolute atomic E-state index is 0. The van der Waals surface area contributed by atoms with E-state index in [0.717, 1.165) is 45.0 Å². The highest BCUT2D eigenvalue weighted by Gasteiger charge is 2.23. The molecule has 1 amide bonds. The largest absolute Gasteiger partial charge is 0.450 e. The molecule has 2 N–H and O–H groups in total. The van der Waals surface area contributed by atoms with Crippen LogP contribution in [-0.2, 0) is 17.8 Å². The molecule has 0 unspecified atom stereocenters. The second-order valence-corrected chi connectivity index (χ2v) is 7.31. The molecule has 170 valence electrons. The number of guanidine groups is 1. The number of hydrogen-bond donors (Lipinski definition) is 2. The predicted octanol–water partition coefficient (Wildman–Crippen LogP) is 3.43. The monoisotopic (exact) mass is 531 g/mol. The van der Waals surface area contributed by atoms with Crippen LogP contribution in [0.25, 0.3) is 0 Å². The molecule has 1 saturated heterocycles. The molecule has 1 aliphatic rings. The molecule has 0 atom stereocenters. The maximum atomic E-state index is 11.8. The Morgan fingerprint density at radius 3 is 2.27 bits per heavy atom. The summed E-state index contributed by atoms with van der Waals surface area (Å²) in [6, 6.07) is 9.07. The SMILES string of the molecule is CCOC(=O)N1CCC(NC(=NC)NCc2ccc(CN(CC)CC)cc2)CC1.I. The van der Waals surface area contributed by atoms with Crippen LogP contribution in [0.1, 0.15) is 44.7 Å². The summed E-state index contributed by atoms with van der Waals surface area (Å²) in [5, 5.41) is 6.87. The van der Waals surface area contributed by atoms with Crippen LogP contribution in [0.5, 0.6) is 0 Å². The van der Waals surface area contributed by atoms with Crippen molar-refractivity contribution in [2.75, 3.05) is 39.8 Å². The fourth-order valence-corrected chi connectivity index (χ4v) is 3.46. The summed E-state index contributed by atoms with van der Waals surface area (Å²) in [5.74, 6) is 0.798. The van der Waals surface area contributed by atoms with E-state index in [1.165, 1.54) is 11.1 Å². The van der Waals surface area contributed by atoms with Gasteiger partial charge in [0.1, 0.15) is 0 Å². The number of piperidine rings is 1. The minimum Gasteiger partial charge on any atom is -0.450 e. The van der Waals surface area contributed by atoms with Crippen molar-refractivity contribution < 1.29 is 9.53 Å². The van der Waals surface area contributed by atoms with Crippen LogP contribution in [0.2, 0.25) is 0 Å². The van der Waals surface area contributed by atoms with E-state index in [2.05, 4.69) is 58.6 Å². The molecular formula is C22H38IN5O2. The topological polar surface area (TPSA) is 69.2 Å². The third-order valence-corrected chi connectivity index (χ3v) is 5.37. The number of nitrogens with zero attached hydrogens (tertiary/aromatic N) is 3. The van der Waals surface area contributed by atoms with Crippen molar-refractivity contribution in [1.29, 1.82) is 0 Å². The molecule has 0 aromatic heterocycles. The summed E-state index contributed by atoms with van der Waals surface area (Å²) in [7, 11) is 1.79. The molecule has 0 saturated carbocycles. The number of ether oxygens (including phenoxy) is 1. The summed E-state index contributed by atoms with van der Waals surface area (Å²) in [4.78, 5) is 20.3. The summed E-state index contributed by atoms with van der Waals surface area (Å²) >= 11 is 0. The molecule has 1 aromatic carbocycles. The van der Waals surface area contributed by atoms with E-state index in [1.54, 1.807) is 11.9 Å². The first-order chi connectivity index (χ1) is 14.1. The minimum atomic E-state index is -0.210. The number of nitrogens with one attached hydrogen (secondary N) is 2. The lowest BCUT2D eigenvalue weighted by atomic mass is 10.1. The molecule has 0 radical (unpaired) electrons. The number of hydrogen-bond acceptors (Lipinski definition) is 4. The van der Waals surface area contributed by atoms with Crippen LogP contribution < -0.4 is 10.6 Å². The molecule has 0 bridgehead atoms. The second kappa shape index (κ2) is 14.5. The molecule has 1 fully saturated rings. The highest BCUT2D eigenvalue weighted by molar-refractivity contribution is 14.0. The number of likely N-dealkylation sites (tertiary alicyclic amines) is 1. The maximum absolute atomic E-state index is 11.8. The Morgan fingerprint density at radius 2 is 1.73 bits per heavy atom. The quantitative estimate of drug-likeness (QED) is 0.306. The Balaban J connectivity index is 0.00000450. The van der Waals surface area contributed by atoms with Gasteiger partial charge in [0.15, 0.2) is 5.96 Å². The Kier molecular flexibility index (Phi) is 12.8. The van der Waals surface area contributed by atoms with E-state index in [1.807, 2.05) is 6.92 Å². The van der Waals surface area contributed by atoms with Crippen LogP contribution in [-0.4, -0.2) is 67.7 Å². The normalized spacial score (nSPS) is 15.0. The van der Waals surface area contributed by atoms with Gasteiger partial charge < -0.3 is 20.3 Å². The standard InChI is InChI=1S/C22H37N5O2.HI/c1-5-26(6-2)17-19-10-8-18(9-11-19)16-24-21(23-4)25-20-12-14-27(15-13-20)22(28)29-7-3;/h8-11,20H,5-7,12-17H2,1-4H3,(H2,23,24,25);1H. The molecule has 2 rings (SSSR count). The lowest BCUT2D eigenvalue weighted by molar-refractivity contribution is 0.0963. The smallest absolute Gasteiger partial charge is 0.409 e. The number of amides is 1. The van der Waals surface area contributed by atoms with Gasteiger partial charge in [0.2, 0.25) is 0 Å². The molecule has 8 heteroatoms. The van der Waals surface area contributed by atoms with Gasteiger partial charge in [-0.15, -0.1) is 24.0 Å². The number of halogens is 1. The van der Waals surface area contributed by atoms with Gasteiger partial charge in [0.05, 0.1) is 6.61 Å². The van der Waals surface area contributed by atoms with Gasteiger partial charge in [-0.3, -0.25) is 9.89 Å². The zero-order valence-electron chi connectivity index (χ0n) is 18.8. The molecule has 1 heterocycles. The third-order valence-electron chi connectivity index (χ3n) is 5.37. The predicted molar refractivity (Wildman–Crippen MR) is 133 cm³/mol. The molecule has 0 aliphatic carbocycles. The number of carbonyl (C=O) groups excluding carboxylic acids is 1. The van der Waals surface area contributed by atoms with Crippen LogP contribution in [0.4, 0.5) is 4.79 Å². The van der Waals surface area contributed by atoms with Crippen molar-refractivity contribution in [3.05, 3.63) is 35.4 Å². The van der Waals surface area contributed by atoms with Crippen LogP contribution in [0.15, 0.2) is 29.3 Å². The Bertz CT molecular complexity index is 641. The number of rotatable bonds is 8. The molecule has 1 aromatic rings. The van der Waals surface area contributed by atoms with Crippen LogP contribution in [0.3, 0.4) is 0 Å². The van der Waals surface area contributed by atoms with Gasteiger partial charge in [-0.05, 0) is 44.0 Å². The summed E-state index contributed by atoms with van der Waals surface area (Å²) < 4.78 is 5.08. The van der Waals surface area contributed by atoms with E-state index >= 15 is 0 Å². The first kappa shape index (κ1) is 26.5. The summed E-state index contributed by atoms with van der Waals surface area (Å²) in [6.45, 7) is 11.9. The lowest BCUT2D eigenvalue weighted by Crippen LogP contribution is -2.49. The van der Waals surface area contributed by atoms with Crippen LogP contribution >= 0.6 is 24.0 Å². The molecule has 30 heavy (non-hydrogen) atoms. The van der Waals surface area contributed by atoms with Gasteiger partial charge in [0, 0.05) is 39.3 Å². The van der Waals surface area contributed by atoms with E-state index in [9.17, 15) is 4.79 Å². The van der Waals surface area contributed by atoms with Crippen molar-refractivity contribution in [1.82, 2.24) is 20.4 Å². The van der Waals surface area contributed by atoms with Gasteiger partial charge in [-0.25, -0.2) is 4.79 Å². The molecule has 1 aliphatic heterocycles. The van der Waals surface area contributed by atoms with E-state index in [-0.39, 0.29) is 30.1 Å². The van der Waals surface area contributed by atoms with Crippen molar-refractivity contribution in [2.45, 2.75) is 52.7 Å². The van der Waals surface area contributed by atoms with Crippen molar-refractivity contribution >= 4 is 36.0 Å². The zero-order chi connectivity index (χ0) is 21.1. The van der Waals surface area contributed by atoms with Crippen molar-refractivity contribution in [3.63, 3.8) is 0 Å². The first-order valence-corrected chi connectivity index (χ1v) is 10.8. The molecular weight excluding hydrogens is 493 g/mol. The van der Waals surface area contributed by atoms with Gasteiger partial charge in [0.25, 0.3) is 0 Å². The van der Waals surface area contributed by atoms with Crippen LogP contribution in [0, 0.1) is 0 Å². The Morgan fingerprint density at radius 1 is 1.13 bits per heavy atom. The van der Waals surface area contributed by atoms with E-state index in [4.69, 9.17) is 4.74 Å². The zero-order valence-corrected chi connectivity index (χ0v) is 21.1. The molecule has 7 nitrogen and oxygen atoms in total. The summed E-state index contributed by atoms with van der Waals surface area (Å²) in [6.07, 6.45) is 1.57. The Labute approximate surface area is 198 Å².